The van der Waals surface area contributed by atoms with Crippen molar-refractivity contribution in [3.05, 3.63) is 77.2 Å². The zero-order valence-electron chi connectivity index (χ0n) is 9.76. The summed E-state index contributed by atoms with van der Waals surface area (Å²) >= 11 is 0. The zero-order chi connectivity index (χ0) is 12.4. The Hall–Kier alpha value is -2.42. The Balaban J connectivity index is 1.64. The smallest absolute Gasteiger partial charge is 0.252 e. The van der Waals surface area contributed by atoms with E-state index in [0.717, 1.165) is 22.3 Å². The van der Waals surface area contributed by atoms with Crippen LogP contribution >= 0.6 is 0 Å². The Kier molecular flexibility index (Phi) is 2.65. The van der Waals surface area contributed by atoms with Gasteiger partial charge in [-0.1, -0.05) is 30.4 Å². The van der Waals surface area contributed by atoms with Crippen molar-refractivity contribution in [3.8, 4) is 0 Å². The SMILES string of the molecule is O=C(NCc1cccnc1)C1=CC=C2C=CC=C21. The Labute approximate surface area is 105 Å². The minimum Gasteiger partial charge on any atom is -0.348 e. The molecule has 2 aliphatic carbocycles. The third kappa shape index (κ3) is 1.91. The van der Waals surface area contributed by atoms with Crippen LogP contribution in [0.5, 0.6) is 0 Å². The number of aromatic nitrogens is 1. The van der Waals surface area contributed by atoms with Crippen LogP contribution in [0.25, 0.3) is 0 Å². The molecule has 0 saturated carbocycles. The highest BCUT2D eigenvalue weighted by Crippen LogP contribution is 2.30. The summed E-state index contributed by atoms with van der Waals surface area (Å²) in [5.74, 6) is -0.0416. The molecule has 1 aromatic heterocycles. The number of nitrogens with one attached hydrogen (secondary N) is 1. The average molecular weight is 236 g/mol. The lowest BCUT2D eigenvalue weighted by atomic mass is 10.1. The highest BCUT2D eigenvalue weighted by atomic mass is 16.1. The maximum absolute atomic E-state index is 12.1. The molecule has 1 amide bonds. The van der Waals surface area contributed by atoms with Crippen molar-refractivity contribution < 1.29 is 4.79 Å². The molecule has 0 bridgehead atoms. The standard InChI is InChI=1S/C15H12N2O/c18-15(17-10-11-3-2-8-16-9-11)14-7-6-12-4-1-5-13(12)14/h1-9H,10H2,(H,17,18). The minimum absolute atomic E-state index is 0.0416. The molecular formula is C15H12N2O. The number of amides is 1. The van der Waals surface area contributed by atoms with Crippen molar-refractivity contribution >= 4 is 5.91 Å². The lowest BCUT2D eigenvalue weighted by molar-refractivity contribution is -0.117. The number of hydrogen-bond donors (Lipinski definition) is 1. The van der Waals surface area contributed by atoms with E-state index in [9.17, 15) is 4.79 Å². The van der Waals surface area contributed by atoms with Crippen molar-refractivity contribution in [2.75, 3.05) is 0 Å². The van der Waals surface area contributed by atoms with Gasteiger partial charge in [0.1, 0.15) is 0 Å². The quantitative estimate of drug-likeness (QED) is 0.872. The second kappa shape index (κ2) is 4.45. The lowest BCUT2D eigenvalue weighted by Gasteiger charge is -2.07. The van der Waals surface area contributed by atoms with Gasteiger partial charge >= 0.3 is 0 Å². The molecule has 0 spiro atoms. The van der Waals surface area contributed by atoms with Gasteiger partial charge in [0.2, 0.25) is 0 Å². The molecule has 2 aliphatic rings. The fourth-order valence-electron chi connectivity index (χ4n) is 2.07. The van der Waals surface area contributed by atoms with Gasteiger partial charge in [0.15, 0.2) is 0 Å². The normalized spacial score (nSPS) is 15.9. The van der Waals surface area contributed by atoms with Gasteiger partial charge < -0.3 is 5.32 Å². The van der Waals surface area contributed by atoms with Crippen LogP contribution in [-0.4, -0.2) is 10.9 Å². The van der Waals surface area contributed by atoms with Gasteiger partial charge in [-0.25, -0.2) is 0 Å². The number of pyridine rings is 1. The molecule has 1 heterocycles. The minimum atomic E-state index is -0.0416. The Bertz CT molecular complexity index is 607. The number of allylic oxidation sites excluding steroid dienone is 6. The summed E-state index contributed by atoms with van der Waals surface area (Å²) in [7, 11) is 0. The highest BCUT2D eigenvalue weighted by molar-refractivity contribution is 6.01. The van der Waals surface area contributed by atoms with E-state index in [-0.39, 0.29) is 5.91 Å². The molecule has 3 rings (SSSR count). The lowest BCUT2D eigenvalue weighted by Crippen LogP contribution is -2.24. The van der Waals surface area contributed by atoms with Gasteiger partial charge in [-0.2, -0.15) is 0 Å². The van der Waals surface area contributed by atoms with Crippen molar-refractivity contribution in [3.63, 3.8) is 0 Å². The van der Waals surface area contributed by atoms with Crippen molar-refractivity contribution in [2.45, 2.75) is 6.54 Å². The molecule has 1 aromatic rings. The van der Waals surface area contributed by atoms with E-state index >= 15 is 0 Å². The first-order chi connectivity index (χ1) is 8.84. The van der Waals surface area contributed by atoms with Crippen LogP contribution in [0.1, 0.15) is 5.56 Å². The van der Waals surface area contributed by atoms with Crippen LogP contribution < -0.4 is 5.32 Å². The van der Waals surface area contributed by atoms with Crippen LogP contribution in [0.4, 0.5) is 0 Å². The van der Waals surface area contributed by atoms with Crippen LogP contribution in [-0.2, 0) is 11.3 Å². The number of fused-ring (bicyclic) bond motifs is 1. The molecule has 3 nitrogen and oxygen atoms in total. The van der Waals surface area contributed by atoms with E-state index in [4.69, 9.17) is 0 Å². The second-order valence-electron chi connectivity index (χ2n) is 4.19. The highest BCUT2D eigenvalue weighted by Gasteiger charge is 2.21. The van der Waals surface area contributed by atoms with Crippen molar-refractivity contribution in [1.82, 2.24) is 10.3 Å². The first-order valence-corrected chi connectivity index (χ1v) is 5.83. The predicted octanol–water partition coefficient (Wildman–Crippen LogP) is 2.06. The van der Waals surface area contributed by atoms with Crippen LogP contribution in [0.3, 0.4) is 0 Å². The molecule has 0 radical (unpaired) electrons. The average Bonchev–Trinajstić information content (AvgIpc) is 2.99. The molecule has 0 aromatic carbocycles. The Morgan fingerprint density at radius 1 is 1.28 bits per heavy atom. The van der Waals surface area contributed by atoms with Crippen molar-refractivity contribution in [1.29, 1.82) is 0 Å². The monoisotopic (exact) mass is 236 g/mol. The Morgan fingerprint density at radius 3 is 3.06 bits per heavy atom. The molecule has 18 heavy (non-hydrogen) atoms. The molecular weight excluding hydrogens is 224 g/mol. The topological polar surface area (TPSA) is 42.0 Å². The third-order valence-corrected chi connectivity index (χ3v) is 2.99. The fourth-order valence-corrected chi connectivity index (χ4v) is 2.07. The predicted molar refractivity (Wildman–Crippen MR) is 69.5 cm³/mol. The number of nitrogens with zero attached hydrogens (tertiary/aromatic N) is 1. The summed E-state index contributed by atoms with van der Waals surface area (Å²) in [6, 6.07) is 3.80. The summed E-state index contributed by atoms with van der Waals surface area (Å²) < 4.78 is 0. The van der Waals surface area contributed by atoms with Gasteiger partial charge in [0.25, 0.3) is 5.91 Å². The molecule has 88 valence electrons. The van der Waals surface area contributed by atoms with E-state index in [2.05, 4.69) is 10.3 Å². The van der Waals surface area contributed by atoms with Crippen LogP contribution in [0, 0.1) is 0 Å². The second-order valence-corrected chi connectivity index (χ2v) is 4.19. The summed E-state index contributed by atoms with van der Waals surface area (Å²) in [6.45, 7) is 0.500. The molecule has 0 saturated heterocycles. The van der Waals surface area contributed by atoms with Crippen LogP contribution in [0.2, 0.25) is 0 Å². The maximum atomic E-state index is 12.1. The molecule has 0 aliphatic heterocycles. The summed E-state index contributed by atoms with van der Waals surface area (Å²) in [5, 5.41) is 2.90. The summed E-state index contributed by atoms with van der Waals surface area (Å²) in [4.78, 5) is 16.1. The van der Waals surface area contributed by atoms with E-state index in [1.54, 1.807) is 12.4 Å². The van der Waals surface area contributed by atoms with E-state index < -0.39 is 0 Å². The number of carbonyl (C=O) groups excluding carboxylic acids is 1. The van der Waals surface area contributed by atoms with Gasteiger partial charge in [-0.15, -0.1) is 0 Å². The third-order valence-electron chi connectivity index (χ3n) is 2.99. The van der Waals surface area contributed by atoms with E-state index in [1.165, 1.54) is 0 Å². The number of rotatable bonds is 3. The fraction of sp³-hybridized carbons (Fsp3) is 0.0667. The zero-order valence-corrected chi connectivity index (χ0v) is 9.76. The van der Waals surface area contributed by atoms with Gasteiger partial charge in [-0.05, 0) is 28.9 Å². The van der Waals surface area contributed by atoms with E-state index in [1.807, 2.05) is 42.5 Å². The molecule has 1 N–H and O–H groups in total. The number of hydrogen-bond acceptors (Lipinski definition) is 2. The molecule has 3 heteroatoms. The van der Waals surface area contributed by atoms with E-state index in [0.29, 0.717) is 6.54 Å². The summed E-state index contributed by atoms with van der Waals surface area (Å²) in [5.41, 5.74) is 3.86. The Morgan fingerprint density at radius 2 is 2.22 bits per heavy atom. The van der Waals surface area contributed by atoms with Gasteiger partial charge in [0.05, 0.1) is 0 Å². The number of carbonyl (C=O) groups is 1. The van der Waals surface area contributed by atoms with Gasteiger partial charge in [-0.3, -0.25) is 9.78 Å². The summed E-state index contributed by atoms with van der Waals surface area (Å²) in [6.07, 6.45) is 13.2. The molecule has 0 fully saturated rings. The molecule has 0 atom stereocenters. The van der Waals surface area contributed by atoms with Crippen LogP contribution in [0.15, 0.2) is 71.6 Å². The van der Waals surface area contributed by atoms with Crippen molar-refractivity contribution in [2.24, 2.45) is 0 Å². The first kappa shape index (κ1) is 10.7. The molecule has 0 unspecified atom stereocenters. The largest absolute Gasteiger partial charge is 0.348 e. The maximum Gasteiger partial charge on any atom is 0.252 e. The van der Waals surface area contributed by atoms with Gasteiger partial charge in [0, 0.05) is 24.5 Å². The first-order valence-electron chi connectivity index (χ1n) is 5.83.